The highest BCUT2D eigenvalue weighted by molar-refractivity contribution is 7.88. The molecule has 8 heteroatoms. The van der Waals surface area contributed by atoms with Gasteiger partial charge in [0.1, 0.15) is 0 Å². The molecule has 0 unspecified atom stereocenters. The highest BCUT2D eigenvalue weighted by Gasteiger charge is 2.24. The Bertz CT molecular complexity index is 567. The summed E-state index contributed by atoms with van der Waals surface area (Å²) in [6, 6.07) is 5.75. The van der Waals surface area contributed by atoms with Crippen LogP contribution >= 0.6 is 0 Å². The second kappa shape index (κ2) is 5.64. The van der Waals surface area contributed by atoms with Gasteiger partial charge < -0.3 is 5.32 Å². The van der Waals surface area contributed by atoms with Crippen LogP contribution in [0.15, 0.2) is 24.3 Å². The summed E-state index contributed by atoms with van der Waals surface area (Å²) in [5.41, 5.74) is 0.0309. The maximum absolute atomic E-state index is 12.0. The van der Waals surface area contributed by atoms with E-state index in [1.807, 2.05) is 0 Å². The molecule has 2 N–H and O–H groups in total. The highest BCUT2D eigenvalue weighted by atomic mass is 32.2. The zero-order valence-corrected chi connectivity index (χ0v) is 11.0. The van der Waals surface area contributed by atoms with E-state index < -0.39 is 14.9 Å². The van der Waals surface area contributed by atoms with E-state index in [1.165, 1.54) is 18.2 Å². The topological polar surface area (TPSA) is 101 Å². The van der Waals surface area contributed by atoms with Crippen LogP contribution in [0.1, 0.15) is 12.0 Å². The average molecular weight is 285 g/mol. The molecule has 1 aromatic rings. The molecule has 1 aliphatic rings. The van der Waals surface area contributed by atoms with E-state index in [0.29, 0.717) is 6.54 Å². The molecule has 1 atom stereocenters. The van der Waals surface area contributed by atoms with Crippen molar-refractivity contribution in [2.24, 2.45) is 0 Å². The lowest BCUT2D eigenvalue weighted by Gasteiger charge is -2.11. The molecule has 1 saturated heterocycles. The zero-order valence-electron chi connectivity index (χ0n) is 10.2. The molecule has 0 spiro atoms. The molecule has 0 aromatic heterocycles. The molecule has 7 nitrogen and oxygen atoms in total. The van der Waals surface area contributed by atoms with Crippen LogP contribution in [0.25, 0.3) is 0 Å². The lowest BCUT2D eigenvalue weighted by molar-refractivity contribution is -0.385. The van der Waals surface area contributed by atoms with Crippen LogP contribution in [0.4, 0.5) is 5.69 Å². The fourth-order valence-electron chi connectivity index (χ4n) is 2.07. The van der Waals surface area contributed by atoms with Gasteiger partial charge in [0.15, 0.2) is 0 Å². The standard InChI is InChI=1S/C11H15N3O4S/c15-14(16)11-4-2-1-3-9(11)8-19(17,18)13-10-5-6-12-7-10/h1-4,10,12-13H,5-8H2/t10-/m0/s1. The highest BCUT2D eigenvalue weighted by Crippen LogP contribution is 2.20. The number of nitro groups is 1. The Kier molecular flexibility index (Phi) is 4.13. The zero-order chi connectivity index (χ0) is 13.9. The third-order valence-electron chi connectivity index (χ3n) is 2.94. The van der Waals surface area contributed by atoms with Gasteiger partial charge in [-0.15, -0.1) is 0 Å². The second-order valence-corrected chi connectivity index (χ2v) is 6.21. The molecular formula is C11H15N3O4S. The first-order chi connectivity index (χ1) is 8.98. The minimum absolute atomic E-state index is 0.132. The molecule has 2 rings (SSSR count). The molecule has 0 bridgehead atoms. The van der Waals surface area contributed by atoms with E-state index in [1.54, 1.807) is 6.07 Å². The first-order valence-corrected chi connectivity index (χ1v) is 7.56. The van der Waals surface area contributed by atoms with Crippen molar-refractivity contribution in [3.63, 3.8) is 0 Å². The average Bonchev–Trinajstić information content (AvgIpc) is 2.80. The molecular weight excluding hydrogens is 270 g/mol. The lowest BCUT2D eigenvalue weighted by Crippen LogP contribution is -2.37. The van der Waals surface area contributed by atoms with Crippen LogP contribution in [-0.4, -0.2) is 32.5 Å². The number of rotatable bonds is 5. The fourth-order valence-corrected chi connectivity index (χ4v) is 3.51. The number of benzene rings is 1. The van der Waals surface area contributed by atoms with Gasteiger partial charge in [-0.05, 0) is 13.0 Å². The van der Waals surface area contributed by atoms with Crippen LogP contribution in [-0.2, 0) is 15.8 Å². The van der Waals surface area contributed by atoms with Crippen molar-refractivity contribution in [1.29, 1.82) is 0 Å². The van der Waals surface area contributed by atoms with Crippen LogP contribution in [0.5, 0.6) is 0 Å². The summed E-state index contributed by atoms with van der Waals surface area (Å²) < 4.78 is 26.5. The largest absolute Gasteiger partial charge is 0.315 e. The van der Waals surface area contributed by atoms with Crippen molar-refractivity contribution in [3.05, 3.63) is 39.9 Å². The molecule has 1 aromatic carbocycles. The number of sulfonamides is 1. The summed E-state index contributed by atoms with van der Waals surface area (Å²) >= 11 is 0. The number of nitrogens with zero attached hydrogens (tertiary/aromatic N) is 1. The lowest BCUT2D eigenvalue weighted by atomic mass is 10.2. The fraction of sp³-hybridized carbons (Fsp3) is 0.455. The number of para-hydroxylation sites is 1. The minimum Gasteiger partial charge on any atom is -0.315 e. The van der Waals surface area contributed by atoms with Crippen molar-refractivity contribution in [2.75, 3.05) is 13.1 Å². The van der Waals surface area contributed by atoms with E-state index in [-0.39, 0.29) is 23.0 Å². The molecule has 0 saturated carbocycles. The van der Waals surface area contributed by atoms with E-state index in [0.717, 1.165) is 13.0 Å². The van der Waals surface area contributed by atoms with Crippen LogP contribution in [0.3, 0.4) is 0 Å². The van der Waals surface area contributed by atoms with E-state index >= 15 is 0 Å². The van der Waals surface area contributed by atoms with Gasteiger partial charge in [0.25, 0.3) is 5.69 Å². The molecule has 19 heavy (non-hydrogen) atoms. The van der Waals surface area contributed by atoms with Gasteiger partial charge in [-0.25, -0.2) is 13.1 Å². The predicted molar refractivity (Wildman–Crippen MR) is 70.1 cm³/mol. The monoisotopic (exact) mass is 285 g/mol. The third-order valence-corrected chi connectivity index (χ3v) is 4.32. The summed E-state index contributed by atoms with van der Waals surface area (Å²) in [5.74, 6) is -0.374. The van der Waals surface area contributed by atoms with Gasteiger partial charge in [0.2, 0.25) is 10.0 Å². The SMILES string of the molecule is O=[N+]([O-])c1ccccc1CS(=O)(=O)N[C@H]1CCNC1. The van der Waals surface area contributed by atoms with Crippen molar-refractivity contribution < 1.29 is 13.3 Å². The normalized spacial score (nSPS) is 19.5. The number of hydrogen-bond acceptors (Lipinski definition) is 5. The van der Waals surface area contributed by atoms with Crippen LogP contribution in [0, 0.1) is 10.1 Å². The summed E-state index contributed by atoms with van der Waals surface area (Å²) in [7, 11) is -3.57. The third kappa shape index (κ3) is 3.72. The van der Waals surface area contributed by atoms with Gasteiger partial charge in [0, 0.05) is 24.2 Å². The van der Waals surface area contributed by atoms with Gasteiger partial charge in [-0.3, -0.25) is 10.1 Å². The van der Waals surface area contributed by atoms with Gasteiger partial charge in [-0.1, -0.05) is 18.2 Å². The van der Waals surface area contributed by atoms with Crippen molar-refractivity contribution in [3.8, 4) is 0 Å². The molecule has 1 aliphatic heterocycles. The summed E-state index contributed by atoms with van der Waals surface area (Å²) in [5, 5.41) is 13.9. The van der Waals surface area contributed by atoms with E-state index in [4.69, 9.17) is 0 Å². The van der Waals surface area contributed by atoms with Gasteiger partial charge in [-0.2, -0.15) is 0 Å². The van der Waals surface area contributed by atoms with Crippen molar-refractivity contribution in [2.45, 2.75) is 18.2 Å². The summed E-state index contributed by atoms with van der Waals surface area (Å²) in [6.07, 6.45) is 0.732. The Hall–Kier alpha value is -1.51. The summed E-state index contributed by atoms with van der Waals surface area (Å²) in [6.45, 7) is 1.37. The Balaban J connectivity index is 2.13. The van der Waals surface area contributed by atoms with E-state index in [9.17, 15) is 18.5 Å². The number of nitrogens with one attached hydrogen (secondary N) is 2. The number of nitro benzene ring substituents is 1. The van der Waals surface area contributed by atoms with Gasteiger partial charge in [0.05, 0.1) is 10.7 Å². The Morgan fingerprint density at radius 3 is 2.79 bits per heavy atom. The van der Waals surface area contributed by atoms with Crippen LogP contribution < -0.4 is 10.0 Å². The minimum atomic E-state index is -3.57. The van der Waals surface area contributed by atoms with Crippen LogP contribution in [0.2, 0.25) is 0 Å². The van der Waals surface area contributed by atoms with Gasteiger partial charge >= 0.3 is 0 Å². The molecule has 0 radical (unpaired) electrons. The van der Waals surface area contributed by atoms with Crippen molar-refractivity contribution >= 4 is 15.7 Å². The summed E-state index contributed by atoms with van der Waals surface area (Å²) in [4.78, 5) is 10.3. The number of hydrogen-bond donors (Lipinski definition) is 2. The Labute approximate surface area is 111 Å². The first kappa shape index (κ1) is 13.9. The smallest absolute Gasteiger partial charge is 0.273 e. The first-order valence-electron chi connectivity index (χ1n) is 5.91. The maximum atomic E-state index is 12.0. The molecule has 0 aliphatic carbocycles. The van der Waals surface area contributed by atoms with E-state index in [2.05, 4.69) is 10.0 Å². The predicted octanol–water partition coefficient (Wildman–Crippen LogP) is 0.376. The second-order valence-electron chi connectivity index (χ2n) is 4.45. The quantitative estimate of drug-likeness (QED) is 0.601. The molecule has 1 fully saturated rings. The van der Waals surface area contributed by atoms with Crippen molar-refractivity contribution in [1.82, 2.24) is 10.0 Å². The Morgan fingerprint density at radius 1 is 1.42 bits per heavy atom. The Morgan fingerprint density at radius 2 is 2.16 bits per heavy atom. The molecule has 0 amide bonds. The maximum Gasteiger partial charge on any atom is 0.273 e. The molecule has 1 heterocycles. The molecule has 104 valence electrons.